The highest BCUT2D eigenvalue weighted by Gasteiger charge is 2.36. The highest BCUT2D eigenvalue weighted by atomic mass is 79.9. The second-order valence-electron chi connectivity index (χ2n) is 6.00. The number of nitrogens with one attached hydrogen (secondary N) is 1. The minimum atomic E-state index is -3.76. The van der Waals surface area contributed by atoms with Gasteiger partial charge < -0.3 is 4.74 Å². The van der Waals surface area contributed by atoms with Crippen LogP contribution in [-0.4, -0.2) is 20.5 Å². The van der Waals surface area contributed by atoms with Gasteiger partial charge in [-0.2, -0.15) is 4.72 Å². The van der Waals surface area contributed by atoms with Gasteiger partial charge in [0.1, 0.15) is 6.10 Å². The molecule has 0 radical (unpaired) electrons. The summed E-state index contributed by atoms with van der Waals surface area (Å²) in [5, 5.41) is 0. The Morgan fingerprint density at radius 3 is 2.44 bits per heavy atom. The molecule has 7 heteroatoms. The van der Waals surface area contributed by atoms with Crippen molar-refractivity contribution in [1.82, 2.24) is 4.72 Å². The van der Waals surface area contributed by atoms with Crippen LogP contribution in [0.2, 0.25) is 0 Å². The quantitative estimate of drug-likeness (QED) is 0.746. The van der Waals surface area contributed by atoms with Crippen molar-refractivity contribution in [1.29, 1.82) is 0 Å². The van der Waals surface area contributed by atoms with E-state index in [2.05, 4.69) is 20.7 Å². The molecule has 2 atom stereocenters. The molecule has 1 aliphatic heterocycles. The van der Waals surface area contributed by atoms with Gasteiger partial charge in [-0.15, -0.1) is 0 Å². The normalized spacial score (nSPS) is 18.8. The largest absolute Gasteiger partial charge is 0.460 e. The molecule has 5 nitrogen and oxygen atoms in total. The average Bonchev–Trinajstić information content (AvgIpc) is 3.00. The lowest BCUT2D eigenvalue weighted by Crippen LogP contribution is -2.36. The van der Waals surface area contributed by atoms with Crippen LogP contribution in [0, 0.1) is 6.92 Å². The van der Waals surface area contributed by atoms with Gasteiger partial charge >= 0.3 is 5.97 Å². The number of rotatable bonds is 5. The number of aryl methyl sites for hydroxylation is 1. The first-order chi connectivity index (χ1) is 11.9. The van der Waals surface area contributed by atoms with Crippen LogP contribution in [0.25, 0.3) is 0 Å². The Bertz CT molecular complexity index is 880. The Morgan fingerprint density at radius 1 is 1.16 bits per heavy atom. The van der Waals surface area contributed by atoms with Crippen LogP contribution in [0.3, 0.4) is 0 Å². The number of carbonyl (C=O) groups is 1. The van der Waals surface area contributed by atoms with Crippen LogP contribution in [0.5, 0.6) is 0 Å². The second-order valence-corrected chi connectivity index (χ2v) is 8.57. The number of esters is 1. The van der Waals surface area contributed by atoms with Crippen molar-refractivity contribution in [2.45, 2.75) is 36.8 Å². The molecule has 0 spiro atoms. The van der Waals surface area contributed by atoms with E-state index in [4.69, 9.17) is 4.74 Å². The summed E-state index contributed by atoms with van der Waals surface area (Å²) >= 11 is 3.46. The third-order valence-electron chi connectivity index (χ3n) is 4.14. The summed E-state index contributed by atoms with van der Waals surface area (Å²) in [6.07, 6.45) is 0.227. The standard InChI is InChI=1S/C18H18BrNO4S/c1-12-6-8-13(9-7-12)25(22,23)20-18(16-10-11-17(21)24-16)14-4-2-3-5-15(14)19/h2-9,16,18,20H,10-11H2,1H3/t16-,18-/m1/s1. The predicted molar refractivity (Wildman–Crippen MR) is 97.5 cm³/mol. The summed E-state index contributed by atoms with van der Waals surface area (Å²) in [6.45, 7) is 1.89. The minimum absolute atomic E-state index is 0.180. The molecule has 3 rings (SSSR count). The van der Waals surface area contributed by atoms with E-state index in [0.717, 1.165) is 15.6 Å². The minimum Gasteiger partial charge on any atom is -0.460 e. The Labute approximate surface area is 155 Å². The lowest BCUT2D eigenvalue weighted by atomic mass is 10.0. The van der Waals surface area contributed by atoms with Gasteiger partial charge in [-0.3, -0.25) is 4.79 Å². The van der Waals surface area contributed by atoms with Gasteiger partial charge in [-0.1, -0.05) is 51.8 Å². The van der Waals surface area contributed by atoms with Crippen LogP contribution in [0.4, 0.5) is 0 Å². The van der Waals surface area contributed by atoms with Crippen molar-refractivity contribution in [3.05, 3.63) is 64.1 Å². The number of cyclic esters (lactones) is 1. The first kappa shape index (κ1) is 18.1. The van der Waals surface area contributed by atoms with Crippen molar-refractivity contribution in [2.75, 3.05) is 0 Å². The molecule has 0 unspecified atom stereocenters. The summed E-state index contributed by atoms with van der Waals surface area (Å²) in [7, 11) is -3.76. The summed E-state index contributed by atoms with van der Waals surface area (Å²) in [4.78, 5) is 11.7. The number of benzene rings is 2. The van der Waals surface area contributed by atoms with Gasteiger partial charge in [-0.05, 0) is 37.1 Å². The van der Waals surface area contributed by atoms with E-state index in [1.165, 1.54) is 0 Å². The molecule has 2 aromatic carbocycles. The molecule has 0 aromatic heterocycles. The van der Waals surface area contributed by atoms with Crippen molar-refractivity contribution >= 4 is 31.9 Å². The summed E-state index contributed by atoms with van der Waals surface area (Å²) < 4.78 is 34.4. The van der Waals surface area contributed by atoms with E-state index in [9.17, 15) is 13.2 Å². The fourth-order valence-electron chi connectivity index (χ4n) is 2.80. The SMILES string of the molecule is Cc1ccc(S(=O)(=O)N[C@H](c2ccccc2Br)[C@H]2CCC(=O)O2)cc1. The molecule has 1 heterocycles. The van der Waals surface area contributed by atoms with Gasteiger partial charge in [0, 0.05) is 10.9 Å². The lowest BCUT2D eigenvalue weighted by molar-refractivity contribution is -0.142. The van der Waals surface area contributed by atoms with E-state index < -0.39 is 22.2 Å². The van der Waals surface area contributed by atoms with Gasteiger partial charge in [0.2, 0.25) is 10.0 Å². The molecule has 0 saturated carbocycles. The molecule has 132 valence electrons. The molecular weight excluding hydrogens is 406 g/mol. The fourth-order valence-corrected chi connectivity index (χ4v) is 4.58. The fraction of sp³-hybridized carbons (Fsp3) is 0.278. The number of halogens is 1. The van der Waals surface area contributed by atoms with Crippen molar-refractivity contribution < 1.29 is 17.9 Å². The summed E-state index contributed by atoms with van der Waals surface area (Å²) in [6, 6.07) is 13.3. The summed E-state index contributed by atoms with van der Waals surface area (Å²) in [5.41, 5.74) is 1.71. The Morgan fingerprint density at radius 2 is 1.84 bits per heavy atom. The zero-order valence-electron chi connectivity index (χ0n) is 13.6. The van der Waals surface area contributed by atoms with Gasteiger partial charge in [0.25, 0.3) is 0 Å². The van der Waals surface area contributed by atoms with Crippen LogP contribution in [0.15, 0.2) is 57.9 Å². The molecule has 2 aromatic rings. The Hall–Kier alpha value is -1.70. The van der Waals surface area contributed by atoms with Gasteiger partial charge in [0.05, 0.1) is 10.9 Å². The molecule has 1 saturated heterocycles. The highest BCUT2D eigenvalue weighted by Crippen LogP contribution is 2.33. The number of ether oxygens (including phenoxy) is 1. The van der Waals surface area contributed by atoms with E-state index in [1.54, 1.807) is 24.3 Å². The first-order valence-electron chi connectivity index (χ1n) is 7.90. The van der Waals surface area contributed by atoms with Crippen molar-refractivity contribution in [3.63, 3.8) is 0 Å². The smallest absolute Gasteiger partial charge is 0.306 e. The maximum absolute atomic E-state index is 12.8. The Kier molecular flexibility index (Phi) is 5.27. The van der Waals surface area contributed by atoms with E-state index in [0.29, 0.717) is 6.42 Å². The molecular formula is C18H18BrNO4S. The molecule has 0 amide bonds. The molecule has 1 aliphatic rings. The first-order valence-corrected chi connectivity index (χ1v) is 10.2. The van der Waals surface area contributed by atoms with Crippen molar-refractivity contribution in [3.8, 4) is 0 Å². The number of hydrogen-bond acceptors (Lipinski definition) is 4. The average molecular weight is 424 g/mol. The third kappa shape index (κ3) is 4.11. The molecule has 0 bridgehead atoms. The molecule has 0 aliphatic carbocycles. The third-order valence-corrected chi connectivity index (χ3v) is 6.32. The predicted octanol–water partition coefficient (Wildman–Crippen LogP) is 3.48. The molecule has 25 heavy (non-hydrogen) atoms. The van der Waals surface area contributed by atoms with E-state index >= 15 is 0 Å². The zero-order chi connectivity index (χ0) is 18.0. The van der Waals surface area contributed by atoms with Crippen molar-refractivity contribution in [2.24, 2.45) is 0 Å². The maximum atomic E-state index is 12.8. The second kappa shape index (κ2) is 7.27. The van der Waals surface area contributed by atoms with Gasteiger partial charge in [-0.25, -0.2) is 8.42 Å². The Balaban J connectivity index is 1.96. The highest BCUT2D eigenvalue weighted by molar-refractivity contribution is 9.10. The van der Waals surface area contributed by atoms with E-state index in [-0.39, 0.29) is 17.3 Å². The van der Waals surface area contributed by atoms with Crippen LogP contribution < -0.4 is 4.72 Å². The zero-order valence-corrected chi connectivity index (χ0v) is 16.0. The van der Waals surface area contributed by atoms with Crippen LogP contribution in [0.1, 0.15) is 30.0 Å². The lowest BCUT2D eigenvalue weighted by Gasteiger charge is -2.25. The monoisotopic (exact) mass is 423 g/mol. The van der Waals surface area contributed by atoms with Gasteiger partial charge in [0.15, 0.2) is 0 Å². The molecule has 1 fully saturated rings. The van der Waals surface area contributed by atoms with Crippen LogP contribution >= 0.6 is 15.9 Å². The number of carbonyl (C=O) groups excluding carboxylic acids is 1. The number of hydrogen-bond donors (Lipinski definition) is 1. The molecule has 1 N–H and O–H groups in total. The van der Waals surface area contributed by atoms with E-state index in [1.807, 2.05) is 31.2 Å². The van der Waals surface area contributed by atoms with Crippen LogP contribution in [-0.2, 0) is 19.6 Å². The summed E-state index contributed by atoms with van der Waals surface area (Å²) in [5.74, 6) is -0.309. The topological polar surface area (TPSA) is 72.5 Å². The number of sulfonamides is 1. The maximum Gasteiger partial charge on any atom is 0.306 e.